The highest BCUT2D eigenvalue weighted by Gasteiger charge is 2.39. The molecule has 2 aromatic carbocycles. The van der Waals surface area contributed by atoms with E-state index in [1.807, 2.05) is 0 Å². The van der Waals surface area contributed by atoms with Crippen LogP contribution in [-0.2, 0) is 14.3 Å². The molecule has 0 radical (unpaired) electrons. The number of hydrogen-bond acceptors (Lipinski definition) is 5. The highest BCUT2D eigenvalue weighted by atomic mass is 35.5. The predicted octanol–water partition coefficient (Wildman–Crippen LogP) is 3.70. The molecular formula is C18H11Cl2FN2O4. The summed E-state index contributed by atoms with van der Waals surface area (Å²) in [5.41, 5.74) is 0.503. The summed E-state index contributed by atoms with van der Waals surface area (Å²) in [5.74, 6) is -2.77. The highest BCUT2D eigenvalue weighted by Crippen LogP contribution is 2.32. The standard InChI is InChI=1S/C18H11Cl2FN2O4/c1-27-18(26)9-3-2-4-10(7-9)22-15-14(20)16(24)23(17(15)25)11-5-6-13(21)12(19)8-11/h2-8,22H,1H3. The van der Waals surface area contributed by atoms with Crippen molar-refractivity contribution < 1.29 is 23.5 Å². The molecule has 0 spiro atoms. The number of amides is 2. The first-order chi connectivity index (χ1) is 12.8. The number of ether oxygens (including phenoxy) is 1. The second-order valence-corrected chi connectivity index (χ2v) is 6.22. The summed E-state index contributed by atoms with van der Waals surface area (Å²) in [7, 11) is 1.24. The molecule has 138 valence electrons. The lowest BCUT2D eigenvalue weighted by molar-refractivity contribution is -0.120. The molecule has 1 aliphatic rings. The third-order valence-electron chi connectivity index (χ3n) is 3.74. The quantitative estimate of drug-likeness (QED) is 0.616. The first-order valence-electron chi connectivity index (χ1n) is 7.52. The van der Waals surface area contributed by atoms with Crippen LogP contribution in [0.3, 0.4) is 0 Å². The summed E-state index contributed by atoms with van der Waals surface area (Å²) in [4.78, 5) is 37.5. The summed E-state index contributed by atoms with van der Waals surface area (Å²) in [6.07, 6.45) is 0. The first-order valence-corrected chi connectivity index (χ1v) is 8.28. The minimum absolute atomic E-state index is 0.0784. The van der Waals surface area contributed by atoms with E-state index >= 15 is 0 Å². The van der Waals surface area contributed by atoms with E-state index in [9.17, 15) is 18.8 Å². The van der Waals surface area contributed by atoms with Crippen LogP contribution < -0.4 is 10.2 Å². The number of benzene rings is 2. The Morgan fingerprint density at radius 3 is 2.52 bits per heavy atom. The molecule has 9 heteroatoms. The van der Waals surface area contributed by atoms with Gasteiger partial charge in [0.05, 0.1) is 23.4 Å². The Labute approximate surface area is 163 Å². The SMILES string of the molecule is COC(=O)c1cccc(NC2=C(Cl)C(=O)N(c3ccc(F)c(Cl)c3)C2=O)c1. The van der Waals surface area contributed by atoms with Crippen LogP contribution in [0.5, 0.6) is 0 Å². The molecule has 0 unspecified atom stereocenters. The Morgan fingerprint density at radius 2 is 1.85 bits per heavy atom. The van der Waals surface area contributed by atoms with Crippen LogP contribution >= 0.6 is 23.2 Å². The van der Waals surface area contributed by atoms with Crippen molar-refractivity contribution in [1.82, 2.24) is 0 Å². The van der Waals surface area contributed by atoms with Crippen LogP contribution in [0.4, 0.5) is 15.8 Å². The molecule has 1 N–H and O–H groups in total. The number of methoxy groups -OCH3 is 1. The van der Waals surface area contributed by atoms with Gasteiger partial charge in [-0.15, -0.1) is 0 Å². The molecule has 0 atom stereocenters. The van der Waals surface area contributed by atoms with Crippen molar-refractivity contribution in [3.63, 3.8) is 0 Å². The normalized spacial score (nSPS) is 14.0. The van der Waals surface area contributed by atoms with Gasteiger partial charge in [-0.05, 0) is 36.4 Å². The van der Waals surface area contributed by atoms with Gasteiger partial charge in [-0.1, -0.05) is 29.3 Å². The first kappa shape index (κ1) is 18.9. The third-order valence-corrected chi connectivity index (χ3v) is 4.38. The van der Waals surface area contributed by atoms with Gasteiger partial charge in [-0.3, -0.25) is 9.59 Å². The zero-order chi connectivity index (χ0) is 19.7. The maximum Gasteiger partial charge on any atom is 0.337 e. The molecule has 1 aliphatic heterocycles. The number of carbonyl (C=O) groups is 3. The molecule has 27 heavy (non-hydrogen) atoms. The highest BCUT2D eigenvalue weighted by molar-refractivity contribution is 6.53. The smallest absolute Gasteiger partial charge is 0.337 e. The lowest BCUT2D eigenvalue weighted by Crippen LogP contribution is -2.32. The van der Waals surface area contributed by atoms with E-state index in [0.717, 1.165) is 17.0 Å². The number of imide groups is 1. The summed E-state index contributed by atoms with van der Waals surface area (Å²) >= 11 is 11.7. The molecule has 2 amide bonds. The van der Waals surface area contributed by atoms with Crippen LogP contribution in [0.1, 0.15) is 10.4 Å². The average molecular weight is 409 g/mol. The van der Waals surface area contributed by atoms with Crippen LogP contribution in [-0.4, -0.2) is 24.9 Å². The average Bonchev–Trinajstić information content (AvgIpc) is 2.87. The summed E-state index contributed by atoms with van der Waals surface area (Å²) in [6.45, 7) is 0. The number of rotatable bonds is 4. The van der Waals surface area contributed by atoms with Gasteiger partial charge in [0.1, 0.15) is 16.5 Å². The number of esters is 1. The Balaban J connectivity index is 1.91. The molecule has 6 nitrogen and oxygen atoms in total. The van der Waals surface area contributed by atoms with Crippen molar-refractivity contribution in [3.05, 3.63) is 69.6 Å². The Bertz CT molecular complexity index is 1010. The van der Waals surface area contributed by atoms with Gasteiger partial charge in [0.15, 0.2) is 0 Å². The predicted molar refractivity (Wildman–Crippen MR) is 98.2 cm³/mol. The van der Waals surface area contributed by atoms with Crippen molar-refractivity contribution >= 4 is 52.4 Å². The lowest BCUT2D eigenvalue weighted by Gasteiger charge is -2.15. The maximum absolute atomic E-state index is 13.3. The number of carbonyl (C=O) groups excluding carboxylic acids is 3. The molecule has 1 heterocycles. The second-order valence-electron chi connectivity index (χ2n) is 5.43. The third kappa shape index (κ3) is 3.51. The fraction of sp³-hybridized carbons (Fsp3) is 0.0556. The minimum atomic E-state index is -0.782. The van der Waals surface area contributed by atoms with Gasteiger partial charge < -0.3 is 10.1 Å². The van der Waals surface area contributed by atoms with E-state index in [1.165, 1.54) is 25.3 Å². The second kappa shape index (κ2) is 7.38. The van der Waals surface area contributed by atoms with Crippen molar-refractivity contribution in [2.45, 2.75) is 0 Å². The Hall–Kier alpha value is -2.90. The lowest BCUT2D eigenvalue weighted by atomic mass is 10.2. The molecule has 0 aliphatic carbocycles. The van der Waals surface area contributed by atoms with Crippen LogP contribution in [0.2, 0.25) is 5.02 Å². The Kier molecular flexibility index (Phi) is 5.16. The molecule has 0 saturated heterocycles. The van der Waals surface area contributed by atoms with Gasteiger partial charge in [0, 0.05) is 5.69 Å². The number of nitrogens with one attached hydrogen (secondary N) is 1. The van der Waals surface area contributed by atoms with Crippen LogP contribution in [0.25, 0.3) is 0 Å². The summed E-state index contributed by atoms with van der Waals surface area (Å²) < 4.78 is 18.0. The molecule has 0 bridgehead atoms. The largest absolute Gasteiger partial charge is 0.465 e. The van der Waals surface area contributed by atoms with Crippen molar-refractivity contribution in [1.29, 1.82) is 0 Å². The number of halogens is 3. The van der Waals surface area contributed by atoms with Crippen LogP contribution in [0, 0.1) is 5.82 Å². The van der Waals surface area contributed by atoms with Gasteiger partial charge in [-0.25, -0.2) is 14.1 Å². The van der Waals surface area contributed by atoms with E-state index in [-0.39, 0.29) is 27.0 Å². The molecular weight excluding hydrogens is 398 g/mol. The van der Waals surface area contributed by atoms with E-state index in [2.05, 4.69) is 10.1 Å². The van der Waals surface area contributed by atoms with Gasteiger partial charge in [0.2, 0.25) is 0 Å². The maximum atomic E-state index is 13.3. The zero-order valence-electron chi connectivity index (χ0n) is 13.8. The Morgan fingerprint density at radius 1 is 1.11 bits per heavy atom. The number of anilines is 2. The molecule has 3 rings (SSSR count). The fourth-order valence-corrected chi connectivity index (χ4v) is 2.84. The molecule has 0 aromatic heterocycles. The minimum Gasteiger partial charge on any atom is -0.465 e. The van der Waals surface area contributed by atoms with E-state index < -0.39 is 23.6 Å². The zero-order valence-corrected chi connectivity index (χ0v) is 15.3. The monoisotopic (exact) mass is 408 g/mol. The molecule has 2 aromatic rings. The summed E-state index contributed by atoms with van der Waals surface area (Å²) in [5, 5.41) is 2.15. The topological polar surface area (TPSA) is 75.7 Å². The summed E-state index contributed by atoms with van der Waals surface area (Å²) in [6, 6.07) is 9.55. The van der Waals surface area contributed by atoms with Crippen LogP contribution in [0.15, 0.2) is 53.2 Å². The molecule has 0 fully saturated rings. The van der Waals surface area contributed by atoms with Crippen molar-refractivity contribution in [2.24, 2.45) is 0 Å². The van der Waals surface area contributed by atoms with Gasteiger partial charge in [-0.2, -0.15) is 0 Å². The van der Waals surface area contributed by atoms with Gasteiger partial charge >= 0.3 is 5.97 Å². The fourth-order valence-electron chi connectivity index (χ4n) is 2.46. The van der Waals surface area contributed by atoms with E-state index in [4.69, 9.17) is 23.2 Å². The van der Waals surface area contributed by atoms with E-state index in [1.54, 1.807) is 12.1 Å². The number of hydrogen-bond donors (Lipinski definition) is 1. The number of nitrogens with zero attached hydrogens (tertiary/aromatic N) is 1. The van der Waals surface area contributed by atoms with E-state index in [0.29, 0.717) is 5.69 Å². The van der Waals surface area contributed by atoms with Crippen molar-refractivity contribution in [3.8, 4) is 0 Å². The molecule has 0 saturated carbocycles. The van der Waals surface area contributed by atoms with Crippen molar-refractivity contribution in [2.75, 3.05) is 17.3 Å². The van der Waals surface area contributed by atoms with Gasteiger partial charge in [0.25, 0.3) is 11.8 Å².